The van der Waals surface area contributed by atoms with Gasteiger partial charge in [-0.15, -0.1) is 0 Å². The van der Waals surface area contributed by atoms with Crippen molar-refractivity contribution < 1.29 is 0 Å². The van der Waals surface area contributed by atoms with Gasteiger partial charge in [0.15, 0.2) is 0 Å². The first-order valence-corrected chi connectivity index (χ1v) is 2.64. The summed E-state index contributed by atoms with van der Waals surface area (Å²) in [4.78, 5) is 0. The Labute approximate surface area is 49.7 Å². The van der Waals surface area contributed by atoms with Gasteiger partial charge in [0.25, 0.3) is 0 Å². The second kappa shape index (κ2) is 3.18. The number of allylic oxidation sites excluding steroid dienone is 1. The first-order valence-electron chi connectivity index (χ1n) is 2.64. The summed E-state index contributed by atoms with van der Waals surface area (Å²) in [7, 11) is 1.80. The molecule has 0 aliphatic rings. The maximum absolute atomic E-state index is 5.25. The molecule has 0 unspecified atom stereocenters. The van der Waals surface area contributed by atoms with E-state index in [0.29, 0.717) is 5.82 Å². The van der Waals surface area contributed by atoms with Gasteiger partial charge in [-0.25, -0.2) is 0 Å². The van der Waals surface area contributed by atoms with Gasteiger partial charge in [-0.1, -0.05) is 6.92 Å². The summed E-state index contributed by atoms with van der Waals surface area (Å²) >= 11 is 0. The van der Waals surface area contributed by atoms with Crippen LogP contribution in [0.4, 0.5) is 0 Å². The van der Waals surface area contributed by atoms with Crippen molar-refractivity contribution >= 4 is 0 Å². The highest BCUT2D eigenvalue weighted by molar-refractivity contribution is 5.03. The van der Waals surface area contributed by atoms with Crippen molar-refractivity contribution in [1.82, 2.24) is 5.32 Å². The van der Waals surface area contributed by atoms with Crippen LogP contribution in [0.15, 0.2) is 11.5 Å². The van der Waals surface area contributed by atoms with Gasteiger partial charge in [0.05, 0.1) is 5.70 Å². The molecule has 3 heteroatoms. The van der Waals surface area contributed by atoms with Gasteiger partial charge >= 0.3 is 0 Å². The Hall–Kier alpha value is -0.860. The zero-order chi connectivity index (χ0) is 6.57. The Kier molecular flexibility index (Phi) is 2.84. The minimum atomic E-state index is 0.384. The predicted molar refractivity (Wildman–Crippen MR) is 34.8 cm³/mol. The molecule has 3 nitrogen and oxygen atoms in total. The van der Waals surface area contributed by atoms with E-state index >= 15 is 0 Å². The van der Waals surface area contributed by atoms with Crippen molar-refractivity contribution in [2.24, 2.45) is 11.5 Å². The van der Waals surface area contributed by atoms with E-state index in [2.05, 4.69) is 5.32 Å². The topological polar surface area (TPSA) is 64.1 Å². The smallest absolute Gasteiger partial charge is 0.113 e. The molecule has 0 aliphatic carbocycles. The first-order chi connectivity index (χ1) is 3.72. The van der Waals surface area contributed by atoms with Crippen LogP contribution in [0, 0.1) is 0 Å². The van der Waals surface area contributed by atoms with Gasteiger partial charge in [0, 0.05) is 7.05 Å². The minimum absolute atomic E-state index is 0.384. The Morgan fingerprint density at radius 3 is 2.00 bits per heavy atom. The molecule has 0 aromatic carbocycles. The van der Waals surface area contributed by atoms with Crippen molar-refractivity contribution in [1.29, 1.82) is 0 Å². The first kappa shape index (κ1) is 7.14. The van der Waals surface area contributed by atoms with Crippen LogP contribution in [0.5, 0.6) is 0 Å². The van der Waals surface area contributed by atoms with Crippen LogP contribution in [0.1, 0.15) is 13.3 Å². The van der Waals surface area contributed by atoms with E-state index in [9.17, 15) is 0 Å². The average Bonchev–Trinajstić information content (AvgIpc) is 1.69. The average molecular weight is 115 g/mol. The molecule has 48 valence electrons. The second-order valence-corrected chi connectivity index (χ2v) is 1.54. The lowest BCUT2D eigenvalue weighted by Crippen LogP contribution is -2.19. The summed E-state index contributed by atoms with van der Waals surface area (Å²) in [6.45, 7) is 1.99. The highest BCUT2D eigenvalue weighted by Crippen LogP contribution is 1.92. The largest absolute Gasteiger partial charge is 0.389 e. The van der Waals surface area contributed by atoms with Crippen LogP contribution in [0.25, 0.3) is 0 Å². The lowest BCUT2D eigenvalue weighted by Gasteiger charge is -2.03. The third-order valence-electron chi connectivity index (χ3n) is 1.00. The molecule has 0 heterocycles. The van der Waals surface area contributed by atoms with Gasteiger partial charge in [-0.2, -0.15) is 0 Å². The molecule has 0 rings (SSSR count). The summed E-state index contributed by atoms with van der Waals surface area (Å²) in [5.74, 6) is 0.384. The number of nitrogens with one attached hydrogen (secondary N) is 1. The monoisotopic (exact) mass is 115 g/mol. The van der Waals surface area contributed by atoms with Crippen LogP contribution in [0.3, 0.4) is 0 Å². The van der Waals surface area contributed by atoms with Crippen LogP contribution in [0.2, 0.25) is 0 Å². The van der Waals surface area contributed by atoms with Crippen molar-refractivity contribution in [2.45, 2.75) is 13.3 Å². The number of rotatable bonds is 2. The van der Waals surface area contributed by atoms with Crippen molar-refractivity contribution in [3.05, 3.63) is 11.5 Å². The number of hydrogen-bond donors (Lipinski definition) is 3. The van der Waals surface area contributed by atoms with Crippen LogP contribution >= 0.6 is 0 Å². The van der Waals surface area contributed by atoms with Gasteiger partial charge in [0.1, 0.15) is 5.82 Å². The van der Waals surface area contributed by atoms with Gasteiger partial charge in [-0.3, -0.25) is 0 Å². The highest BCUT2D eigenvalue weighted by atomic mass is 14.9. The maximum Gasteiger partial charge on any atom is 0.113 e. The second-order valence-electron chi connectivity index (χ2n) is 1.54. The molecule has 0 saturated carbocycles. The van der Waals surface area contributed by atoms with Crippen LogP contribution in [-0.2, 0) is 0 Å². The fraction of sp³-hybridized carbons (Fsp3) is 0.600. The van der Waals surface area contributed by atoms with E-state index in [1.807, 2.05) is 6.92 Å². The summed E-state index contributed by atoms with van der Waals surface area (Å²) in [6, 6.07) is 0. The molecule has 0 aromatic heterocycles. The normalized spacial score (nSPS) is 8.25. The Morgan fingerprint density at radius 2 is 2.00 bits per heavy atom. The number of nitrogens with two attached hydrogens (primary N) is 2. The van der Waals surface area contributed by atoms with Crippen LogP contribution in [-0.4, -0.2) is 7.05 Å². The van der Waals surface area contributed by atoms with Crippen LogP contribution < -0.4 is 16.8 Å². The van der Waals surface area contributed by atoms with E-state index in [4.69, 9.17) is 11.5 Å². The minimum Gasteiger partial charge on any atom is -0.389 e. The van der Waals surface area contributed by atoms with Crippen molar-refractivity contribution in [3.8, 4) is 0 Å². The van der Waals surface area contributed by atoms with Crippen molar-refractivity contribution in [2.75, 3.05) is 7.05 Å². The molecule has 8 heavy (non-hydrogen) atoms. The third-order valence-corrected chi connectivity index (χ3v) is 1.00. The van der Waals surface area contributed by atoms with E-state index in [-0.39, 0.29) is 0 Å². The van der Waals surface area contributed by atoms with E-state index in [1.54, 1.807) is 7.05 Å². The molecule has 0 bridgehead atoms. The summed E-state index contributed by atoms with van der Waals surface area (Å²) in [5.41, 5.74) is 11.4. The molecular weight excluding hydrogens is 102 g/mol. The molecule has 0 amide bonds. The van der Waals surface area contributed by atoms with Gasteiger partial charge < -0.3 is 16.8 Å². The van der Waals surface area contributed by atoms with Gasteiger partial charge in [-0.05, 0) is 6.42 Å². The molecular formula is C5H13N3. The highest BCUT2D eigenvalue weighted by Gasteiger charge is 1.90. The lowest BCUT2D eigenvalue weighted by atomic mass is 10.3. The van der Waals surface area contributed by atoms with Gasteiger partial charge in [0.2, 0.25) is 0 Å². The summed E-state index contributed by atoms with van der Waals surface area (Å²) in [6.07, 6.45) is 0.860. The predicted octanol–water partition coefficient (Wildman–Crippen LogP) is -0.298. The molecule has 5 N–H and O–H groups in total. The molecule has 0 radical (unpaired) electrons. The summed E-state index contributed by atoms with van der Waals surface area (Å²) < 4.78 is 0. The van der Waals surface area contributed by atoms with E-state index in [0.717, 1.165) is 12.1 Å². The quantitative estimate of drug-likeness (QED) is 0.463. The summed E-state index contributed by atoms with van der Waals surface area (Å²) in [5, 5.41) is 2.88. The molecule has 0 fully saturated rings. The fourth-order valence-corrected chi connectivity index (χ4v) is 0.525. The molecule has 0 atom stereocenters. The molecule has 0 saturated heterocycles. The Balaban J connectivity index is 3.86. The fourth-order valence-electron chi connectivity index (χ4n) is 0.525. The maximum atomic E-state index is 5.25. The SMILES string of the molecule is CCC(NC)=C(N)N. The van der Waals surface area contributed by atoms with Crippen molar-refractivity contribution in [3.63, 3.8) is 0 Å². The Bertz CT molecular complexity index is 85.8. The number of hydrogen-bond acceptors (Lipinski definition) is 3. The molecule has 0 spiro atoms. The molecule has 0 aromatic rings. The Morgan fingerprint density at radius 1 is 1.50 bits per heavy atom. The zero-order valence-corrected chi connectivity index (χ0v) is 5.36. The molecule has 0 aliphatic heterocycles. The lowest BCUT2D eigenvalue weighted by molar-refractivity contribution is 0.862. The van der Waals surface area contributed by atoms with E-state index < -0.39 is 0 Å². The zero-order valence-electron chi connectivity index (χ0n) is 5.36. The standard InChI is InChI=1S/C5H13N3/c1-3-4(8-2)5(6)7/h8H,3,6-7H2,1-2H3. The van der Waals surface area contributed by atoms with E-state index in [1.165, 1.54) is 0 Å². The third kappa shape index (κ3) is 1.73.